The van der Waals surface area contributed by atoms with Crippen LogP contribution in [-0.2, 0) is 19.1 Å². The Morgan fingerprint density at radius 1 is 0.975 bits per heavy atom. The number of carboxylic acids is 1. The molecule has 11 nitrogen and oxygen atoms in total. The van der Waals surface area contributed by atoms with Gasteiger partial charge >= 0.3 is 11.9 Å². The molecular formula is C29H33N3O8. The first-order chi connectivity index (χ1) is 19.3. The molecule has 2 aliphatic rings. The van der Waals surface area contributed by atoms with Crippen molar-refractivity contribution in [1.29, 1.82) is 0 Å². The molecule has 0 fully saturated rings. The van der Waals surface area contributed by atoms with E-state index in [1.807, 2.05) is 0 Å². The molecule has 2 heterocycles. The molecule has 0 saturated carbocycles. The van der Waals surface area contributed by atoms with Gasteiger partial charge in [-0.3, -0.25) is 39.1 Å². The highest BCUT2D eigenvalue weighted by atomic mass is 16.5. The Balaban J connectivity index is 1.31. The van der Waals surface area contributed by atoms with Crippen molar-refractivity contribution >= 4 is 35.3 Å². The molecule has 0 aromatic heterocycles. The van der Waals surface area contributed by atoms with E-state index in [1.54, 1.807) is 55.5 Å². The van der Waals surface area contributed by atoms with E-state index in [0.717, 1.165) is 17.7 Å². The minimum Gasteiger partial charge on any atom is -0.489 e. The molecule has 0 aliphatic carbocycles. The Morgan fingerprint density at radius 2 is 1.62 bits per heavy atom. The summed E-state index contributed by atoms with van der Waals surface area (Å²) in [6.07, 6.45) is 3.09. The number of aliphatic carboxylic acids is 1. The zero-order valence-corrected chi connectivity index (χ0v) is 22.3. The molecule has 4 rings (SSSR count). The number of esters is 1. The Bertz CT molecular complexity index is 1240. The highest BCUT2D eigenvalue weighted by molar-refractivity contribution is 6.21. The SMILES string of the molecule is CCOC(=O)C(CCCCCCN1C(=O)c2ccccc2C1=O)N[C@H]1COc2ccccc2N(CC(=O)O)C1=O. The standard InChI is InChI=1S/C29H33N3O8/c1-2-39-29(38)21(13-5-3-4-10-16-31-26(35)19-11-6-7-12-20(19)27(31)36)30-22-18-40-24-15-9-8-14-23(24)32(28(22)37)17-25(33)34/h6-9,11-12,14-15,21-22,30H,2-5,10,13,16-18H2,1H3,(H,33,34)/t21?,22-/m0/s1. The van der Waals surface area contributed by atoms with Crippen LogP contribution in [0.2, 0.25) is 0 Å². The zero-order chi connectivity index (χ0) is 28.6. The Kier molecular flexibility index (Phi) is 9.49. The number of hydrogen-bond donors (Lipinski definition) is 2. The van der Waals surface area contributed by atoms with Crippen LogP contribution in [0.3, 0.4) is 0 Å². The number of amides is 3. The topological polar surface area (TPSA) is 143 Å². The molecule has 2 N–H and O–H groups in total. The van der Waals surface area contributed by atoms with Crippen molar-refractivity contribution in [3.8, 4) is 5.75 Å². The summed E-state index contributed by atoms with van der Waals surface area (Å²) in [5.74, 6) is -2.36. The Labute approximate surface area is 232 Å². The number of rotatable bonds is 13. The average molecular weight is 552 g/mol. The fraction of sp³-hybridized carbons (Fsp3) is 0.414. The molecule has 2 aromatic rings. The zero-order valence-electron chi connectivity index (χ0n) is 22.3. The lowest BCUT2D eigenvalue weighted by Crippen LogP contribution is -2.54. The monoisotopic (exact) mass is 551 g/mol. The third kappa shape index (κ3) is 6.48. The van der Waals surface area contributed by atoms with Crippen molar-refractivity contribution in [2.45, 2.75) is 51.1 Å². The largest absolute Gasteiger partial charge is 0.489 e. The number of nitrogens with one attached hydrogen (secondary N) is 1. The van der Waals surface area contributed by atoms with Gasteiger partial charge in [0.1, 0.15) is 31.0 Å². The third-order valence-corrected chi connectivity index (χ3v) is 6.90. The second-order valence-electron chi connectivity index (χ2n) is 9.63. The van der Waals surface area contributed by atoms with Crippen molar-refractivity contribution in [2.75, 3.05) is 31.2 Å². The maximum absolute atomic E-state index is 13.3. The van der Waals surface area contributed by atoms with Gasteiger partial charge in [-0.05, 0) is 44.0 Å². The first-order valence-corrected chi connectivity index (χ1v) is 13.4. The summed E-state index contributed by atoms with van der Waals surface area (Å²) >= 11 is 0. The maximum atomic E-state index is 13.3. The second kappa shape index (κ2) is 13.2. The quantitative estimate of drug-likeness (QED) is 0.218. The van der Waals surface area contributed by atoms with Gasteiger partial charge in [0, 0.05) is 6.54 Å². The number of carboxylic acid groups (broad SMARTS) is 1. The summed E-state index contributed by atoms with van der Waals surface area (Å²) in [5, 5.41) is 12.4. The summed E-state index contributed by atoms with van der Waals surface area (Å²) in [4.78, 5) is 65.0. The van der Waals surface area contributed by atoms with Gasteiger partial charge in [0.2, 0.25) is 5.91 Å². The summed E-state index contributed by atoms with van der Waals surface area (Å²) in [6, 6.07) is 11.7. The molecule has 0 bridgehead atoms. The van der Waals surface area contributed by atoms with Gasteiger partial charge in [-0.2, -0.15) is 0 Å². The van der Waals surface area contributed by atoms with Gasteiger partial charge < -0.3 is 14.6 Å². The van der Waals surface area contributed by atoms with Crippen LogP contribution >= 0.6 is 0 Å². The number of nitrogens with zero attached hydrogens (tertiary/aromatic N) is 2. The number of unbranched alkanes of at least 4 members (excludes halogenated alkanes) is 3. The lowest BCUT2D eigenvalue weighted by Gasteiger charge is -2.26. The van der Waals surface area contributed by atoms with Crippen LogP contribution < -0.4 is 15.0 Å². The normalized spacial score (nSPS) is 17.1. The van der Waals surface area contributed by atoms with E-state index in [-0.39, 0.29) is 25.0 Å². The summed E-state index contributed by atoms with van der Waals surface area (Å²) < 4.78 is 11.0. The van der Waals surface area contributed by atoms with E-state index in [1.165, 1.54) is 4.90 Å². The van der Waals surface area contributed by atoms with Crippen LogP contribution in [0, 0.1) is 0 Å². The number of imide groups is 1. The van der Waals surface area contributed by atoms with Gasteiger partial charge in [-0.25, -0.2) is 0 Å². The van der Waals surface area contributed by atoms with Crippen molar-refractivity contribution in [3.63, 3.8) is 0 Å². The van der Waals surface area contributed by atoms with E-state index in [2.05, 4.69) is 5.32 Å². The fourth-order valence-corrected chi connectivity index (χ4v) is 4.94. The second-order valence-corrected chi connectivity index (χ2v) is 9.63. The molecule has 1 unspecified atom stereocenters. The van der Waals surface area contributed by atoms with Gasteiger partial charge in [0.15, 0.2) is 0 Å². The van der Waals surface area contributed by atoms with E-state index in [0.29, 0.717) is 48.4 Å². The van der Waals surface area contributed by atoms with E-state index < -0.39 is 36.5 Å². The highest BCUT2D eigenvalue weighted by Crippen LogP contribution is 2.31. The number of benzene rings is 2. The molecule has 2 aromatic carbocycles. The summed E-state index contributed by atoms with van der Waals surface area (Å²) in [6.45, 7) is 1.55. The lowest BCUT2D eigenvalue weighted by atomic mass is 10.1. The summed E-state index contributed by atoms with van der Waals surface area (Å²) in [7, 11) is 0. The Morgan fingerprint density at radius 3 is 2.30 bits per heavy atom. The number of carbonyl (C=O) groups is 5. The molecule has 2 aliphatic heterocycles. The molecule has 40 heavy (non-hydrogen) atoms. The molecule has 212 valence electrons. The van der Waals surface area contributed by atoms with Crippen LogP contribution in [0.4, 0.5) is 5.69 Å². The average Bonchev–Trinajstić information content (AvgIpc) is 3.11. The lowest BCUT2D eigenvalue weighted by molar-refractivity contribution is -0.146. The predicted octanol–water partition coefficient (Wildman–Crippen LogP) is 2.63. The van der Waals surface area contributed by atoms with Crippen LogP contribution in [0.1, 0.15) is 59.7 Å². The summed E-state index contributed by atoms with van der Waals surface area (Å²) in [5.41, 5.74) is 1.21. The molecule has 0 saturated heterocycles. The van der Waals surface area contributed by atoms with Crippen molar-refractivity contribution in [3.05, 3.63) is 59.7 Å². The maximum Gasteiger partial charge on any atom is 0.323 e. The number of fused-ring (bicyclic) bond motifs is 2. The molecular weight excluding hydrogens is 518 g/mol. The highest BCUT2D eigenvalue weighted by Gasteiger charge is 2.36. The van der Waals surface area contributed by atoms with Crippen LogP contribution in [0.15, 0.2) is 48.5 Å². The van der Waals surface area contributed by atoms with Crippen molar-refractivity contribution < 1.29 is 38.6 Å². The number of anilines is 1. The minimum absolute atomic E-state index is 0.0812. The molecule has 0 radical (unpaired) electrons. The smallest absolute Gasteiger partial charge is 0.323 e. The number of hydrogen-bond acceptors (Lipinski definition) is 8. The van der Waals surface area contributed by atoms with Gasteiger partial charge in [-0.1, -0.05) is 43.5 Å². The molecule has 3 amide bonds. The van der Waals surface area contributed by atoms with Crippen LogP contribution in [0.5, 0.6) is 5.75 Å². The third-order valence-electron chi connectivity index (χ3n) is 6.90. The van der Waals surface area contributed by atoms with Gasteiger partial charge in [-0.15, -0.1) is 0 Å². The molecule has 11 heteroatoms. The predicted molar refractivity (Wildman–Crippen MR) is 144 cm³/mol. The van der Waals surface area contributed by atoms with Gasteiger partial charge in [0.05, 0.1) is 23.4 Å². The number of para-hydroxylation sites is 2. The van der Waals surface area contributed by atoms with E-state index in [4.69, 9.17) is 9.47 Å². The van der Waals surface area contributed by atoms with Crippen molar-refractivity contribution in [1.82, 2.24) is 10.2 Å². The molecule has 2 atom stereocenters. The Hall–Kier alpha value is -4.25. The number of carbonyl (C=O) groups excluding carboxylic acids is 4. The fourth-order valence-electron chi connectivity index (χ4n) is 4.94. The van der Waals surface area contributed by atoms with Gasteiger partial charge in [0.25, 0.3) is 11.8 Å². The van der Waals surface area contributed by atoms with E-state index >= 15 is 0 Å². The van der Waals surface area contributed by atoms with Crippen LogP contribution in [-0.4, -0.2) is 78.1 Å². The van der Waals surface area contributed by atoms with E-state index in [9.17, 15) is 29.1 Å². The first-order valence-electron chi connectivity index (χ1n) is 13.4. The minimum atomic E-state index is -1.17. The number of ether oxygens (including phenoxy) is 2. The van der Waals surface area contributed by atoms with Crippen LogP contribution in [0.25, 0.3) is 0 Å². The first kappa shape index (κ1) is 28.8. The molecule has 0 spiro atoms. The van der Waals surface area contributed by atoms with Crippen molar-refractivity contribution in [2.24, 2.45) is 0 Å².